The zero-order valence-electron chi connectivity index (χ0n) is 13.7. The number of carbonyl (C=O) groups excluding carboxylic acids is 2. The third-order valence-corrected chi connectivity index (χ3v) is 4.27. The van der Waals surface area contributed by atoms with Gasteiger partial charge in [-0.15, -0.1) is 0 Å². The second-order valence-corrected chi connectivity index (χ2v) is 6.15. The van der Waals surface area contributed by atoms with Crippen molar-refractivity contribution in [3.63, 3.8) is 0 Å². The van der Waals surface area contributed by atoms with E-state index in [-0.39, 0.29) is 22.9 Å². The number of ketones is 2. The Morgan fingerprint density at radius 2 is 1.79 bits per heavy atom. The molecule has 0 amide bonds. The molecule has 0 spiro atoms. The maximum absolute atomic E-state index is 12.5. The van der Waals surface area contributed by atoms with E-state index in [2.05, 4.69) is 5.32 Å². The van der Waals surface area contributed by atoms with Crippen LogP contribution in [-0.2, 0) is 13.6 Å². The third-order valence-electron chi connectivity index (χ3n) is 4.27. The van der Waals surface area contributed by atoms with E-state index in [0.717, 1.165) is 0 Å². The Morgan fingerprint density at radius 3 is 2.38 bits per heavy atom. The van der Waals surface area contributed by atoms with Gasteiger partial charge in [-0.2, -0.15) is 0 Å². The molecule has 0 fully saturated rings. The molecule has 1 aromatic heterocycles. The van der Waals surface area contributed by atoms with Gasteiger partial charge in [-0.05, 0) is 5.56 Å². The molecule has 1 aliphatic rings. The molecular formula is C18H18N2O4. The molecule has 1 aromatic carbocycles. The van der Waals surface area contributed by atoms with Crippen LogP contribution in [0.25, 0.3) is 11.1 Å². The van der Waals surface area contributed by atoms with Gasteiger partial charge in [0.1, 0.15) is 5.69 Å². The minimum Gasteiger partial charge on any atom is -0.478 e. The van der Waals surface area contributed by atoms with E-state index < -0.39 is 17.5 Å². The van der Waals surface area contributed by atoms with Gasteiger partial charge in [0, 0.05) is 36.5 Å². The highest BCUT2D eigenvalue weighted by molar-refractivity contribution is 6.53. The number of benzene rings is 1. The van der Waals surface area contributed by atoms with E-state index in [1.54, 1.807) is 31.3 Å². The molecule has 1 heterocycles. The lowest BCUT2D eigenvalue weighted by atomic mass is 9.86. The number of rotatable bonds is 4. The molecule has 6 nitrogen and oxygen atoms in total. The van der Waals surface area contributed by atoms with Crippen molar-refractivity contribution in [3.8, 4) is 11.1 Å². The van der Waals surface area contributed by atoms with Crippen LogP contribution >= 0.6 is 0 Å². The van der Waals surface area contributed by atoms with Gasteiger partial charge in [0.25, 0.3) is 5.78 Å². The fourth-order valence-corrected chi connectivity index (χ4v) is 3.13. The summed E-state index contributed by atoms with van der Waals surface area (Å²) in [6, 6.07) is 6.80. The van der Waals surface area contributed by atoms with Crippen molar-refractivity contribution in [2.75, 3.05) is 0 Å². The van der Waals surface area contributed by atoms with Crippen molar-refractivity contribution in [2.45, 2.75) is 26.4 Å². The maximum atomic E-state index is 12.5. The van der Waals surface area contributed by atoms with Crippen molar-refractivity contribution in [1.82, 2.24) is 9.88 Å². The molecule has 0 radical (unpaired) electrons. The number of hydrogen-bond acceptors (Lipinski definition) is 4. The highest BCUT2D eigenvalue weighted by Gasteiger charge is 2.38. The second kappa shape index (κ2) is 5.72. The van der Waals surface area contributed by atoms with Crippen LogP contribution in [0.3, 0.4) is 0 Å². The lowest BCUT2D eigenvalue weighted by molar-refractivity contribution is 0.0695. The Morgan fingerprint density at radius 1 is 1.17 bits per heavy atom. The van der Waals surface area contributed by atoms with Crippen molar-refractivity contribution >= 4 is 17.5 Å². The Kier molecular flexibility index (Phi) is 3.85. The number of hydrogen-bond donors (Lipinski definition) is 2. The Balaban J connectivity index is 2.33. The minimum atomic E-state index is -1.11. The predicted octanol–water partition coefficient (Wildman–Crippen LogP) is 2.27. The van der Waals surface area contributed by atoms with E-state index in [1.807, 2.05) is 13.8 Å². The summed E-state index contributed by atoms with van der Waals surface area (Å²) in [7, 11) is 1.63. The summed E-state index contributed by atoms with van der Waals surface area (Å²) in [5.41, 5.74) is 1.81. The number of nitrogens with one attached hydrogen (secondary N) is 1. The molecule has 0 saturated heterocycles. The first-order chi connectivity index (χ1) is 11.3. The molecule has 0 aliphatic heterocycles. The van der Waals surface area contributed by atoms with Crippen molar-refractivity contribution < 1.29 is 19.5 Å². The zero-order valence-corrected chi connectivity index (χ0v) is 13.7. The summed E-state index contributed by atoms with van der Waals surface area (Å²) >= 11 is 0. The van der Waals surface area contributed by atoms with Crippen LogP contribution < -0.4 is 5.32 Å². The predicted molar refractivity (Wildman–Crippen MR) is 88.4 cm³/mol. The molecule has 24 heavy (non-hydrogen) atoms. The van der Waals surface area contributed by atoms with Gasteiger partial charge in [-0.3, -0.25) is 9.59 Å². The van der Waals surface area contributed by atoms with Crippen LogP contribution in [0.5, 0.6) is 0 Å². The van der Waals surface area contributed by atoms with Crippen LogP contribution in [0, 0.1) is 0 Å². The largest absolute Gasteiger partial charge is 0.478 e. The summed E-state index contributed by atoms with van der Waals surface area (Å²) in [6.45, 7) is 4.20. The topological polar surface area (TPSA) is 88.4 Å². The molecule has 6 heteroatoms. The van der Waals surface area contributed by atoms with Crippen LogP contribution in [0.15, 0.2) is 24.3 Å². The van der Waals surface area contributed by atoms with Crippen LogP contribution in [0.2, 0.25) is 0 Å². The van der Waals surface area contributed by atoms with Crippen LogP contribution in [0.4, 0.5) is 0 Å². The summed E-state index contributed by atoms with van der Waals surface area (Å²) in [5, 5.41) is 12.9. The molecule has 2 N–H and O–H groups in total. The quantitative estimate of drug-likeness (QED) is 0.842. The van der Waals surface area contributed by atoms with E-state index >= 15 is 0 Å². The molecule has 0 atom stereocenters. The highest BCUT2D eigenvalue weighted by Crippen LogP contribution is 2.39. The van der Waals surface area contributed by atoms with Gasteiger partial charge < -0.3 is 15.0 Å². The molecule has 0 unspecified atom stereocenters. The normalized spacial score (nSPS) is 13.2. The first-order valence-corrected chi connectivity index (χ1v) is 7.71. The summed E-state index contributed by atoms with van der Waals surface area (Å²) in [5.74, 6) is -2.37. The molecule has 2 aromatic rings. The van der Waals surface area contributed by atoms with Gasteiger partial charge >= 0.3 is 5.97 Å². The smallest absolute Gasteiger partial charge is 0.338 e. The van der Waals surface area contributed by atoms with E-state index in [4.69, 9.17) is 0 Å². The molecule has 0 bridgehead atoms. The second-order valence-electron chi connectivity index (χ2n) is 6.15. The van der Waals surface area contributed by atoms with Gasteiger partial charge in [0.2, 0.25) is 5.78 Å². The van der Waals surface area contributed by atoms with E-state index in [9.17, 15) is 19.5 Å². The lowest BCUT2D eigenvalue weighted by Crippen LogP contribution is -2.25. The molecule has 124 valence electrons. The number of fused-ring (bicyclic) bond motifs is 3. The third kappa shape index (κ3) is 2.27. The van der Waals surface area contributed by atoms with Gasteiger partial charge in [-0.25, -0.2) is 4.79 Å². The van der Waals surface area contributed by atoms with Gasteiger partial charge in [-0.1, -0.05) is 38.1 Å². The monoisotopic (exact) mass is 326 g/mol. The van der Waals surface area contributed by atoms with Crippen LogP contribution in [-0.4, -0.2) is 33.3 Å². The number of nitrogens with zero attached hydrogens (tertiary/aromatic N) is 1. The SMILES string of the molecule is CC(C)NCc1c(C(=O)O)c2c(n1C)C(=O)C(=O)c1ccccc1-2. The number of aromatic nitrogens is 1. The van der Waals surface area contributed by atoms with Gasteiger partial charge in [0.15, 0.2) is 0 Å². The van der Waals surface area contributed by atoms with E-state index in [1.165, 1.54) is 4.57 Å². The van der Waals surface area contributed by atoms with E-state index in [0.29, 0.717) is 23.4 Å². The standard InChI is InChI=1S/C18H18N2O4/c1-9(2)19-8-12-14(18(23)24)13-10-6-4-5-7-11(10)16(21)17(22)15(13)20(12)3/h4-7,9,19H,8H2,1-3H3,(H,23,24). The van der Waals surface area contributed by atoms with Crippen LogP contribution in [0.1, 0.15) is 50.7 Å². The first kappa shape index (κ1) is 16.1. The fraction of sp³-hybridized carbons (Fsp3) is 0.278. The number of aromatic carboxylic acids is 1. The molecule has 1 aliphatic carbocycles. The molecular weight excluding hydrogens is 308 g/mol. The fourth-order valence-electron chi connectivity index (χ4n) is 3.13. The number of carboxylic acid groups (broad SMARTS) is 1. The average Bonchev–Trinajstić information content (AvgIpc) is 2.83. The van der Waals surface area contributed by atoms with Crippen molar-refractivity contribution in [3.05, 3.63) is 46.8 Å². The molecule has 0 saturated carbocycles. The van der Waals surface area contributed by atoms with Crippen molar-refractivity contribution in [2.24, 2.45) is 7.05 Å². The maximum Gasteiger partial charge on any atom is 0.338 e. The summed E-state index contributed by atoms with van der Waals surface area (Å²) in [4.78, 5) is 36.8. The number of carbonyl (C=O) groups is 3. The van der Waals surface area contributed by atoms with Crippen molar-refractivity contribution in [1.29, 1.82) is 0 Å². The Hall–Kier alpha value is -2.73. The molecule has 3 rings (SSSR count). The number of Topliss-reactive ketones (excluding diaryl/α,β-unsaturated/α-hetero) is 2. The first-order valence-electron chi connectivity index (χ1n) is 7.71. The van der Waals surface area contributed by atoms with Gasteiger partial charge in [0.05, 0.1) is 5.56 Å². The zero-order chi connectivity index (χ0) is 17.6. The highest BCUT2D eigenvalue weighted by atomic mass is 16.4. The number of carboxylic acids is 1. The summed E-state index contributed by atoms with van der Waals surface area (Å²) in [6.07, 6.45) is 0. The Bertz CT molecular complexity index is 877. The summed E-state index contributed by atoms with van der Waals surface area (Å²) < 4.78 is 1.53. The lowest BCUT2D eigenvalue weighted by Gasteiger charge is -2.16. The average molecular weight is 326 g/mol. The minimum absolute atomic E-state index is 0.0777. The Labute approximate surface area is 139 Å².